The molecule has 4 aromatic rings. The molecule has 6 nitrogen and oxygen atoms in total. The van der Waals surface area contributed by atoms with Crippen LogP contribution in [0.1, 0.15) is 39.8 Å². The van der Waals surface area contributed by atoms with Crippen LogP contribution in [-0.4, -0.2) is 23.4 Å². The molecule has 32 heavy (non-hydrogen) atoms. The number of hydrogen-bond acceptors (Lipinski definition) is 5. The molecular weight excluding hydrogens is 427 g/mol. The van der Waals surface area contributed by atoms with Gasteiger partial charge in [-0.3, -0.25) is 15.0 Å². The van der Waals surface area contributed by atoms with Crippen molar-refractivity contribution in [3.05, 3.63) is 125 Å². The van der Waals surface area contributed by atoms with Crippen molar-refractivity contribution in [1.29, 1.82) is 0 Å². The number of rotatable bonds is 8. The van der Waals surface area contributed by atoms with Crippen LogP contribution in [0.2, 0.25) is 0 Å². The van der Waals surface area contributed by atoms with Gasteiger partial charge in [0.2, 0.25) is 10.9 Å². The lowest BCUT2D eigenvalue weighted by atomic mass is 9.75. The highest BCUT2D eigenvalue weighted by Gasteiger charge is 2.29. The second kappa shape index (κ2) is 10.2. The lowest BCUT2D eigenvalue weighted by Gasteiger charge is -2.29. The summed E-state index contributed by atoms with van der Waals surface area (Å²) in [5.74, 6) is -0.655. The molecule has 8 heteroatoms. The molecule has 4 rings (SSSR count). The number of pyridine rings is 3. The van der Waals surface area contributed by atoms with E-state index in [1.165, 1.54) is 12.1 Å². The summed E-state index contributed by atoms with van der Waals surface area (Å²) in [6.45, 7) is 0.120. The second-order valence-corrected chi connectivity index (χ2v) is 8.08. The molecule has 1 N–H and O–H groups in total. The van der Waals surface area contributed by atoms with E-state index in [0.29, 0.717) is 5.69 Å². The normalized spacial score (nSPS) is 12.2. The number of benzene rings is 1. The molecule has 1 aromatic carbocycles. The molecule has 0 bridgehead atoms. The summed E-state index contributed by atoms with van der Waals surface area (Å²) in [6, 6.07) is 18.0. The SMILES string of the molecule is O=[SH](=O)NCc1ccc(C(c2ccc(F)cc2)C(c2cccnc2)c2cccnc2)cn1. The van der Waals surface area contributed by atoms with Gasteiger partial charge in [-0.05, 0) is 52.6 Å². The van der Waals surface area contributed by atoms with Crippen LogP contribution in [0.3, 0.4) is 0 Å². The van der Waals surface area contributed by atoms with Crippen molar-refractivity contribution in [2.75, 3.05) is 0 Å². The molecule has 0 aliphatic carbocycles. The van der Waals surface area contributed by atoms with Gasteiger partial charge in [0, 0.05) is 42.8 Å². The Morgan fingerprint density at radius 3 is 1.81 bits per heavy atom. The molecule has 0 amide bonds. The predicted molar refractivity (Wildman–Crippen MR) is 120 cm³/mol. The zero-order valence-corrected chi connectivity index (χ0v) is 17.9. The molecular formula is C24H21FN4O2S. The topological polar surface area (TPSA) is 84.8 Å². The van der Waals surface area contributed by atoms with Gasteiger partial charge in [-0.2, -0.15) is 0 Å². The number of nitrogens with one attached hydrogen (secondary N) is 1. The molecule has 0 aliphatic rings. The maximum absolute atomic E-state index is 13.7. The van der Waals surface area contributed by atoms with E-state index in [1.807, 2.05) is 42.7 Å². The van der Waals surface area contributed by atoms with Crippen molar-refractivity contribution >= 4 is 10.9 Å². The van der Waals surface area contributed by atoms with Crippen LogP contribution in [0.25, 0.3) is 0 Å². The van der Waals surface area contributed by atoms with E-state index in [2.05, 4.69) is 19.7 Å². The fourth-order valence-electron chi connectivity index (χ4n) is 3.81. The molecule has 3 aromatic heterocycles. The zero-order valence-electron chi connectivity index (χ0n) is 17.0. The summed E-state index contributed by atoms with van der Waals surface area (Å²) in [4.78, 5) is 13.1. The minimum absolute atomic E-state index is 0.120. The fourth-order valence-corrected chi connectivity index (χ4v) is 4.11. The third-order valence-corrected chi connectivity index (χ3v) is 5.66. The average Bonchev–Trinajstić information content (AvgIpc) is 2.83. The lowest BCUT2D eigenvalue weighted by molar-refractivity contribution is 0.600. The highest BCUT2D eigenvalue weighted by atomic mass is 32.2. The number of halogens is 1. The summed E-state index contributed by atoms with van der Waals surface area (Å²) in [6.07, 6.45) is 8.83. The Labute approximate surface area is 187 Å². The number of hydrogen-bond donors (Lipinski definition) is 2. The molecule has 0 aliphatic heterocycles. The second-order valence-electron chi connectivity index (χ2n) is 7.25. The third-order valence-electron chi connectivity index (χ3n) is 5.25. The van der Waals surface area contributed by atoms with E-state index in [0.717, 1.165) is 22.3 Å². The van der Waals surface area contributed by atoms with Crippen molar-refractivity contribution < 1.29 is 12.8 Å². The lowest BCUT2D eigenvalue weighted by Crippen LogP contribution is -2.16. The molecule has 0 saturated carbocycles. The Morgan fingerprint density at radius 1 is 0.750 bits per heavy atom. The van der Waals surface area contributed by atoms with E-state index in [-0.39, 0.29) is 24.2 Å². The van der Waals surface area contributed by atoms with Crippen molar-refractivity contribution in [2.45, 2.75) is 18.4 Å². The first-order valence-corrected chi connectivity index (χ1v) is 11.2. The Morgan fingerprint density at radius 2 is 1.31 bits per heavy atom. The van der Waals surface area contributed by atoms with Gasteiger partial charge in [-0.25, -0.2) is 17.5 Å². The molecule has 0 radical (unpaired) electrons. The van der Waals surface area contributed by atoms with Crippen molar-refractivity contribution in [1.82, 2.24) is 19.7 Å². The molecule has 0 saturated heterocycles. The van der Waals surface area contributed by atoms with Crippen LogP contribution < -0.4 is 4.72 Å². The standard InChI is InChI=1S/C24H21FN4O2S/c25-21-8-5-17(6-9-21)23(20-7-10-22(28-15-20)16-29-32(30)31)24(18-3-1-11-26-13-18)19-4-2-12-27-14-19/h1-15,23-24,32H,16H2,(H,29,30,31). The predicted octanol–water partition coefficient (Wildman–Crippen LogP) is 3.59. The molecule has 3 heterocycles. The molecule has 162 valence electrons. The Hall–Kier alpha value is -3.49. The Balaban J connectivity index is 1.83. The van der Waals surface area contributed by atoms with Gasteiger partial charge in [-0.1, -0.05) is 30.3 Å². The van der Waals surface area contributed by atoms with Crippen molar-refractivity contribution in [3.63, 3.8) is 0 Å². The summed E-state index contributed by atoms with van der Waals surface area (Å²) >= 11 is 0. The van der Waals surface area contributed by atoms with E-state index < -0.39 is 10.9 Å². The summed E-state index contributed by atoms with van der Waals surface area (Å²) < 4.78 is 37.7. The van der Waals surface area contributed by atoms with Crippen LogP contribution in [-0.2, 0) is 17.4 Å². The average molecular weight is 449 g/mol. The summed E-state index contributed by atoms with van der Waals surface area (Å²) in [5, 5.41) is 0. The van der Waals surface area contributed by atoms with Crippen LogP contribution in [0.4, 0.5) is 4.39 Å². The van der Waals surface area contributed by atoms with E-state index in [4.69, 9.17) is 0 Å². The first-order chi connectivity index (χ1) is 15.6. The number of nitrogens with zero attached hydrogens (tertiary/aromatic N) is 3. The number of thiol groups is 1. The first-order valence-electron chi connectivity index (χ1n) is 10.00. The van der Waals surface area contributed by atoms with E-state index >= 15 is 0 Å². The van der Waals surface area contributed by atoms with E-state index in [9.17, 15) is 12.8 Å². The minimum atomic E-state index is -2.69. The van der Waals surface area contributed by atoms with Crippen LogP contribution >= 0.6 is 0 Å². The van der Waals surface area contributed by atoms with Crippen LogP contribution in [0.15, 0.2) is 91.6 Å². The molecule has 1 atom stereocenters. The largest absolute Gasteiger partial charge is 0.264 e. The third kappa shape index (κ3) is 5.22. The van der Waals surface area contributed by atoms with Gasteiger partial charge in [0.05, 0.1) is 12.2 Å². The quantitative estimate of drug-likeness (QED) is 0.403. The fraction of sp³-hybridized carbons (Fsp3) is 0.125. The van der Waals surface area contributed by atoms with Crippen LogP contribution in [0, 0.1) is 5.82 Å². The van der Waals surface area contributed by atoms with Crippen molar-refractivity contribution in [2.24, 2.45) is 0 Å². The van der Waals surface area contributed by atoms with Crippen molar-refractivity contribution in [3.8, 4) is 0 Å². The Bertz CT molecular complexity index is 1170. The van der Waals surface area contributed by atoms with Gasteiger partial charge in [0.1, 0.15) is 5.82 Å². The smallest absolute Gasteiger partial charge is 0.201 e. The van der Waals surface area contributed by atoms with Gasteiger partial charge in [-0.15, -0.1) is 0 Å². The van der Waals surface area contributed by atoms with E-state index in [1.54, 1.807) is 36.8 Å². The summed E-state index contributed by atoms with van der Waals surface area (Å²) in [7, 11) is -2.69. The van der Waals surface area contributed by atoms with Gasteiger partial charge >= 0.3 is 0 Å². The first kappa shape index (κ1) is 21.7. The zero-order chi connectivity index (χ0) is 22.3. The van der Waals surface area contributed by atoms with Gasteiger partial charge < -0.3 is 0 Å². The van der Waals surface area contributed by atoms with Crippen LogP contribution in [0.5, 0.6) is 0 Å². The monoisotopic (exact) mass is 448 g/mol. The van der Waals surface area contributed by atoms with Gasteiger partial charge in [0.25, 0.3) is 0 Å². The Kier molecular flexibility index (Phi) is 6.94. The molecule has 0 spiro atoms. The highest BCUT2D eigenvalue weighted by Crippen LogP contribution is 2.42. The number of aromatic nitrogens is 3. The molecule has 1 unspecified atom stereocenters. The highest BCUT2D eigenvalue weighted by molar-refractivity contribution is 7.70. The summed E-state index contributed by atoms with van der Waals surface area (Å²) in [5.41, 5.74) is 4.40. The maximum atomic E-state index is 13.7. The van der Waals surface area contributed by atoms with Gasteiger partial charge in [0.15, 0.2) is 0 Å². The molecule has 0 fully saturated rings. The minimum Gasteiger partial charge on any atom is -0.264 e. The maximum Gasteiger partial charge on any atom is 0.201 e.